The topological polar surface area (TPSA) is 59.9 Å². The molecule has 0 aliphatic rings. The summed E-state index contributed by atoms with van der Waals surface area (Å²) >= 11 is 5.08. The van der Waals surface area contributed by atoms with E-state index in [0.717, 1.165) is 5.56 Å². The van der Waals surface area contributed by atoms with Gasteiger partial charge in [-0.05, 0) is 12.2 Å². The van der Waals surface area contributed by atoms with Crippen molar-refractivity contribution in [2.24, 2.45) is 0 Å². The average molecular weight is 249 g/mol. The van der Waals surface area contributed by atoms with Crippen LogP contribution in [0.2, 0.25) is 0 Å². The molecule has 2 aromatic rings. The summed E-state index contributed by atoms with van der Waals surface area (Å²) in [5, 5.41) is 6.78. The van der Waals surface area contributed by atoms with Gasteiger partial charge in [-0.1, -0.05) is 30.3 Å². The third kappa shape index (κ3) is 2.42. The first kappa shape index (κ1) is 11.5. The van der Waals surface area contributed by atoms with E-state index in [1.54, 1.807) is 4.57 Å². The maximum Gasteiger partial charge on any atom is 0.325 e. The molecule has 0 aliphatic heterocycles. The summed E-state index contributed by atoms with van der Waals surface area (Å²) in [6.07, 6.45) is 0. The zero-order valence-corrected chi connectivity index (χ0v) is 10.0. The Morgan fingerprint density at radius 1 is 1.47 bits per heavy atom. The maximum absolute atomic E-state index is 11.3. The summed E-state index contributed by atoms with van der Waals surface area (Å²) in [6, 6.07) is 9.51. The van der Waals surface area contributed by atoms with Crippen molar-refractivity contribution in [3.05, 3.63) is 35.1 Å². The second kappa shape index (κ2) is 4.92. The van der Waals surface area contributed by atoms with Crippen LogP contribution in [0, 0.1) is 4.77 Å². The van der Waals surface area contributed by atoms with Gasteiger partial charge < -0.3 is 4.74 Å². The van der Waals surface area contributed by atoms with Crippen molar-refractivity contribution in [3.8, 4) is 11.4 Å². The van der Waals surface area contributed by atoms with Crippen LogP contribution >= 0.6 is 12.2 Å². The van der Waals surface area contributed by atoms with Crippen LogP contribution in [0.3, 0.4) is 0 Å². The molecular weight excluding hydrogens is 238 g/mol. The fourth-order valence-corrected chi connectivity index (χ4v) is 1.66. The Morgan fingerprint density at radius 2 is 2.18 bits per heavy atom. The van der Waals surface area contributed by atoms with Crippen molar-refractivity contribution in [1.82, 2.24) is 14.8 Å². The van der Waals surface area contributed by atoms with Gasteiger partial charge in [0.05, 0.1) is 7.11 Å². The van der Waals surface area contributed by atoms with E-state index in [9.17, 15) is 4.79 Å². The molecule has 88 valence electrons. The third-order valence-electron chi connectivity index (χ3n) is 2.31. The molecule has 0 unspecified atom stereocenters. The molecule has 0 saturated heterocycles. The van der Waals surface area contributed by atoms with Crippen LogP contribution < -0.4 is 0 Å². The van der Waals surface area contributed by atoms with E-state index in [-0.39, 0.29) is 12.5 Å². The van der Waals surface area contributed by atoms with Crippen LogP contribution in [-0.2, 0) is 16.1 Å². The highest BCUT2D eigenvalue weighted by molar-refractivity contribution is 7.71. The van der Waals surface area contributed by atoms with Crippen molar-refractivity contribution in [2.75, 3.05) is 7.11 Å². The minimum atomic E-state index is -0.361. The highest BCUT2D eigenvalue weighted by Crippen LogP contribution is 2.16. The van der Waals surface area contributed by atoms with Crippen molar-refractivity contribution >= 4 is 18.2 Å². The Morgan fingerprint density at radius 3 is 2.82 bits per heavy atom. The molecule has 0 fully saturated rings. The Hall–Kier alpha value is -1.95. The zero-order valence-electron chi connectivity index (χ0n) is 9.21. The van der Waals surface area contributed by atoms with Crippen LogP contribution in [0.4, 0.5) is 0 Å². The van der Waals surface area contributed by atoms with E-state index in [2.05, 4.69) is 14.9 Å². The predicted molar refractivity (Wildman–Crippen MR) is 64.9 cm³/mol. The first-order valence-electron chi connectivity index (χ1n) is 5.00. The molecule has 0 amide bonds. The normalized spacial score (nSPS) is 10.2. The van der Waals surface area contributed by atoms with Gasteiger partial charge in [0.2, 0.25) is 0 Å². The first-order chi connectivity index (χ1) is 8.22. The van der Waals surface area contributed by atoms with Gasteiger partial charge in [0.25, 0.3) is 0 Å². The molecule has 1 aromatic heterocycles. The van der Waals surface area contributed by atoms with E-state index < -0.39 is 0 Å². The van der Waals surface area contributed by atoms with Gasteiger partial charge in [-0.15, -0.1) is 0 Å². The molecule has 1 aromatic carbocycles. The Balaban J connectivity index is 2.43. The van der Waals surface area contributed by atoms with E-state index in [0.29, 0.717) is 10.6 Å². The van der Waals surface area contributed by atoms with Crippen molar-refractivity contribution in [2.45, 2.75) is 6.54 Å². The number of rotatable bonds is 3. The number of ether oxygens (including phenoxy) is 1. The quantitative estimate of drug-likeness (QED) is 0.665. The van der Waals surface area contributed by atoms with Crippen LogP contribution in [0.1, 0.15) is 0 Å². The Labute approximate surface area is 103 Å². The van der Waals surface area contributed by atoms with Crippen molar-refractivity contribution < 1.29 is 9.53 Å². The smallest absolute Gasteiger partial charge is 0.325 e. The van der Waals surface area contributed by atoms with Crippen LogP contribution in [0.5, 0.6) is 0 Å². The maximum atomic E-state index is 11.3. The molecule has 1 heterocycles. The largest absolute Gasteiger partial charge is 0.468 e. The van der Waals surface area contributed by atoms with E-state index in [4.69, 9.17) is 12.2 Å². The van der Waals surface area contributed by atoms with E-state index in [1.165, 1.54) is 7.11 Å². The van der Waals surface area contributed by atoms with E-state index >= 15 is 0 Å². The lowest BCUT2D eigenvalue weighted by atomic mass is 10.2. The van der Waals surface area contributed by atoms with Gasteiger partial charge in [0.1, 0.15) is 6.54 Å². The molecule has 0 spiro atoms. The molecular formula is C11H11N3O2S. The van der Waals surface area contributed by atoms with E-state index in [1.807, 2.05) is 30.3 Å². The molecule has 0 saturated carbocycles. The lowest BCUT2D eigenvalue weighted by Crippen LogP contribution is -2.12. The highest BCUT2D eigenvalue weighted by Gasteiger charge is 2.11. The second-order valence-electron chi connectivity index (χ2n) is 3.38. The lowest BCUT2D eigenvalue weighted by Gasteiger charge is -2.04. The summed E-state index contributed by atoms with van der Waals surface area (Å²) in [7, 11) is 1.34. The monoisotopic (exact) mass is 249 g/mol. The second-order valence-corrected chi connectivity index (χ2v) is 3.77. The fourth-order valence-electron chi connectivity index (χ4n) is 1.47. The van der Waals surface area contributed by atoms with Gasteiger partial charge in [0.15, 0.2) is 10.6 Å². The number of nitrogens with one attached hydrogen (secondary N) is 1. The minimum Gasteiger partial charge on any atom is -0.468 e. The summed E-state index contributed by atoms with van der Waals surface area (Å²) < 4.78 is 6.63. The molecule has 6 heteroatoms. The van der Waals surface area contributed by atoms with Crippen LogP contribution in [-0.4, -0.2) is 27.8 Å². The molecule has 0 radical (unpaired) electrons. The number of nitrogens with zero attached hydrogens (tertiary/aromatic N) is 2. The third-order valence-corrected chi connectivity index (χ3v) is 2.62. The van der Waals surface area contributed by atoms with Gasteiger partial charge in [0, 0.05) is 5.56 Å². The first-order valence-corrected chi connectivity index (χ1v) is 5.40. The molecule has 2 rings (SSSR count). The Bertz CT molecular complexity index is 574. The summed E-state index contributed by atoms with van der Waals surface area (Å²) in [4.78, 5) is 11.3. The summed E-state index contributed by atoms with van der Waals surface area (Å²) in [5.41, 5.74) is 0.892. The molecule has 17 heavy (non-hydrogen) atoms. The van der Waals surface area contributed by atoms with Gasteiger partial charge in [-0.3, -0.25) is 14.5 Å². The minimum absolute atomic E-state index is 0.0516. The number of benzene rings is 1. The molecule has 5 nitrogen and oxygen atoms in total. The van der Waals surface area contributed by atoms with Crippen LogP contribution in [0.25, 0.3) is 11.4 Å². The average Bonchev–Trinajstić information content (AvgIpc) is 2.72. The lowest BCUT2D eigenvalue weighted by molar-refractivity contribution is -0.141. The van der Waals surface area contributed by atoms with Gasteiger partial charge in [-0.25, -0.2) is 0 Å². The highest BCUT2D eigenvalue weighted by atomic mass is 32.1. The number of aromatic amines is 1. The number of esters is 1. The number of methoxy groups -OCH3 is 1. The van der Waals surface area contributed by atoms with Gasteiger partial charge >= 0.3 is 5.97 Å². The molecule has 0 atom stereocenters. The summed E-state index contributed by atoms with van der Waals surface area (Å²) in [6.45, 7) is 0.0516. The number of carbonyl (C=O) groups is 1. The summed E-state index contributed by atoms with van der Waals surface area (Å²) in [5.74, 6) is 0.265. The number of carbonyl (C=O) groups excluding carboxylic acids is 1. The standard InChI is InChI=1S/C11H11N3O2S/c1-16-9(15)7-14-10(12-13-11(14)17)8-5-3-2-4-6-8/h2-6H,7H2,1H3,(H,13,17). The molecule has 0 bridgehead atoms. The molecule has 0 aliphatic carbocycles. The predicted octanol–water partition coefficient (Wildman–Crippen LogP) is 1.78. The number of hydrogen-bond donors (Lipinski definition) is 1. The van der Waals surface area contributed by atoms with Crippen molar-refractivity contribution in [3.63, 3.8) is 0 Å². The Kier molecular flexibility index (Phi) is 3.34. The number of hydrogen-bond acceptors (Lipinski definition) is 4. The SMILES string of the molecule is COC(=O)Cn1c(-c2ccccc2)n[nH]c1=S. The molecule has 1 N–H and O–H groups in total. The number of H-pyrrole nitrogens is 1. The van der Waals surface area contributed by atoms with Gasteiger partial charge in [-0.2, -0.15) is 5.10 Å². The number of aromatic nitrogens is 3. The zero-order chi connectivity index (χ0) is 12.3. The van der Waals surface area contributed by atoms with Crippen molar-refractivity contribution in [1.29, 1.82) is 0 Å². The van der Waals surface area contributed by atoms with Crippen LogP contribution in [0.15, 0.2) is 30.3 Å². The fraction of sp³-hybridized carbons (Fsp3) is 0.182.